The standard InChI is InChI=1S/C6H4ClNO5S.K/c7-4-1-5(8(9)10)3-6(2-4)14(11,12)13;/h1-3H,(H,11,12,13);/q;+1/p-1. The fourth-order valence-corrected chi connectivity index (χ4v) is 1.63. The third kappa shape index (κ3) is 4.45. The smallest absolute Gasteiger partial charge is 0.744 e. The quantitative estimate of drug-likeness (QED) is 0.273. The van der Waals surface area contributed by atoms with Crippen molar-refractivity contribution in [2.45, 2.75) is 4.90 Å². The van der Waals surface area contributed by atoms with Gasteiger partial charge in [-0.2, -0.15) is 0 Å². The Bertz CT molecular complexity index is 488. The molecular formula is C6H3ClKNO5S. The first-order chi connectivity index (χ1) is 6.30. The molecule has 0 saturated carbocycles. The van der Waals surface area contributed by atoms with Gasteiger partial charge < -0.3 is 4.55 Å². The van der Waals surface area contributed by atoms with E-state index in [2.05, 4.69) is 0 Å². The molecule has 0 N–H and O–H groups in total. The predicted octanol–water partition coefficient (Wildman–Crippen LogP) is -1.84. The molecule has 76 valence electrons. The molecule has 6 nitrogen and oxygen atoms in total. The molecule has 1 aromatic rings. The summed E-state index contributed by atoms with van der Waals surface area (Å²) in [5.41, 5.74) is -0.535. The van der Waals surface area contributed by atoms with Gasteiger partial charge >= 0.3 is 51.4 Å². The Morgan fingerprint density at radius 1 is 1.27 bits per heavy atom. The van der Waals surface area contributed by atoms with Gasteiger partial charge in [0.1, 0.15) is 10.1 Å². The van der Waals surface area contributed by atoms with Crippen molar-refractivity contribution >= 4 is 27.4 Å². The molecule has 0 radical (unpaired) electrons. The summed E-state index contributed by atoms with van der Waals surface area (Å²) in [5, 5.41) is 10.1. The second-order valence-corrected chi connectivity index (χ2v) is 4.17. The number of rotatable bonds is 2. The van der Waals surface area contributed by atoms with Crippen LogP contribution in [-0.4, -0.2) is 17.9 Å². The normalized spacial score (nSPS) is 10.5. The van der Waals surface area contributed by atoms with Crippen LogP contribution in [0.15, 0.2) is 23.1 Å². The van der Waals surface area contributed by atoms with Crippen LogP contribution >= 0.6 is 11.6 Å². The van der Waals surface area contributed by atoms with E-state index in [1.54, 1.807) is 0 Å². The van der Waals surface area contributed by atoms with Crippen LogP contribution in [0.25, 0.3) is 0 Å². The van der Waals surface area contributed by atoms with E-state index in [0.29, 0.717) is 6.07 Å². The summed E-state index contributed by atoms with van der Waals surface area (Å²) >= 11 is 5.39. The van der Waals surface area contributed by atoms with Crippen molar-refractivity contribution in [1.29, 1.82) is 0 Å². The van der Waals surface area contributed by atoms with E-state index in [4.69, 9.17) is 11.6 Å². The molecule has 15 heavy (non-hydrogen) atoms. The van der Waals surface area contributed by atoms with Crippen molar-refractivity contribution in [2.75, 3.05) is 0 Å². The van der Waals surface area contributed by atoms with E-state index in [0.717, 1.165) is 12.1 Å². The first kappa shape index (κ1) is 15.5. The Kier molecular flexibility index (Phi) is 5.86. The van der Waals surface area contributed by atoms with Crippen LogP contribution in [-0.2, 0) is 10.1 Å². The predicted molar refractivity (Wildman–Crippen MR) is 46.1 cm³/mol. The molecule has 0 unspecified atom stereocenters. The van der Waals surface area contributed by atoms with Crippen molar-refractivity contribution in [3.63, 3.8) is 0 Å². The van der Waals surface area contributed by atoms with Gasteiger partial charge in [-0.15, -0.1) is 0 Å². The van der Waals surface area contributed by atoms with Gasteiger partial charge in [-0.1, -0.05) is 11.6 Å². The van der Waals surface area contributed by atoms with Crippen LogP contribution < -0.4 is 51.4 Å². The van der Waals surface area contributed by atoms with Crippen LogP contribution in [0, 0.1) is 10.1 Å². The zero-order chi connectivity index (χ0) is 10.9. The zero-order valence-corrected chi connectivity index (χ0v) is 12.2. The Hall–Kier alpha value is 0.456. The first-order valence-corrected chi connectivity index (χ1v) is 5.00. The molecule has 1 aromatic carbocycles. The van der Waals surface area contributed by atoms with Gasteiger partial charge in [-0.3, -0.25) is 10.1 Å². The minimum atomic E-state index is -4.72. The Balaban J connectivity index is 0.00000196. The van der Waals surface area contributed by atoms with Crippen molar-refractivity contribution in [2.24, 2.45) is 0 Å². The molecule has 9 heteroatoms. The summed E-state index contributed by atoms with van der Waals surface area (Å²) in [4.78, 5) is 8.74. The van der Waals surface area contributed by atoms with E-state index in [-0.39, 0.29) is 56.4 Å². The first-order valence-electron chi connectivity index (χ1n) is 3.21. The molecule has 0 atom stereocenters. The van der Waals surface area contributed by atoms with Crippen molar-refractivity contribution in [3.8, 4) is 0 Å². The topological polar surface area (TPSA) is 100 Å². The third-order valence-corrected chi connectivity index (χ3v) is 2.39. The number of hydrogen-bond donors (Lipinski definition) is 0. The number of halogens is 1. The average Bonchev–Trinajstić information content (AvgIpc) is 2.01. The minimum Gasteiger partial charge on any atom is -0.744 e. The number of non-ortho nitro benzene ring substituents is 1. The second-order valence-electron chi connectivity index (χ2n) is 2.36. The van der Waals surface area contributed by atoms with Crippen molar-refractivity contribution < 1.29 is 69.3 Å². The molecule has 0 aliphatic carbocycles. The fourth-order valence-electron chi connectivity index (χ4n) is 0.798. The Morgan fingerprint density at radius 3 is 2.20 bits per heavy atom. The molecular weight excluding hydrogens is 273 g/mol. The maximum absolute atomic E-state index is 10.5. The van der Waals surface area contributed by atoms with Gasteiger partial charge in [0.15, 0.2) is 0 Å². The summed E-state index contributed by atoms with van der Waals surface area (Å²) in [5.74, 6) is 0. The monoisotopic (exact) mass is 275 g/mol. The van der Waals surface area contributed by atoms with E-state index in [9.17, 15) is 23.1 Å². The van der Waals surface area contributed by atoms with E-state index >= 15 is 0 Å². The summed E-state index contributed by atoms with van der Waals surface area (Å²) < 4.78 is 31.6. The maximum atomic E-state index is 10.5. The number of nitro benzene ring substituents is 1. The van der Waals surface area contributed by atoms with E-state index < -0.39 is 25.6 Å². The fraction of sp³-hybridized carbons (Fsp3) is 0. The van der Waals surface area contributed by atoms with Gasteiger partial charge in [0.05, 0.1) is 9.82 Å². The molecule has 0 bridgehead atoms. The summed E-state index contributed by atoms with van der Waals surface area (Å²) in [6.07, 6.45) is 0. The molecule has 0 amide bonds. The second kappa shape index (κ2) is 5.69. The van der Waals surface area contributed by atoms with Crippen molar-refractivity contribution in [1.82, 2.24) is 0 Å². The molecule has 0 aromatic heterocycles. The number of benzene rings is 1. The van der Waals surface area contributed by atoms with Crippen molar-refractivity contribution in [3.05, 3.63) is 33.3 Å². The third-order valence-electron chi connectivity index (χ3n) is 1.36. The Morgan fingerprint density at radius 2 is 1.80 bits per heavy atom. The summed E-state index contributed by atoms with van der Waals surface area (Å²) in [6.45, 7) is 0. The molecule has 0 fully saturated rings. The van der Waals surface area contributed by atoms with Crippen LogP contribution in [0.3, 0.4) is 0 Å². The Labute approximate surface area is 133 Å². The van der Waals surface area contributed by atoms with Gasteiger partial charge in [-0.25, -0.2) is 8.42 Å². The molecule has 0 spiro atoms. The SMILES string of the molecule is O=[N+]([O-])c1cc(Cl)cc(S(=O)(=O)[O-])c1.[K+]. The minimum absolute atomic E-state index is 0. The average molecular weight is 276 g/mol. The summed E-state index contributed by atoms with van der Waals surface area (Å²) in [7, 11) is -4.72. The van der Waals surface area contributed by atoms with E-state index in [1.807, 2.05) is 0 Å². The molecule has 0 aliphatic heterocycles. The van der Waals surface area contributed by atoms with E-state index in [1.165, 1.54) is 0 Å². The molecule has 0 aliphatic rings. The zero-order valence-electron chi connectivity index (χ0n) is 7.51. The van der Waals surface area contributed by atoms with Crippen LogP contribution in [0.5, 0.6) is 0 Å². The molecule has 0 saturated heterocycles. The van der Waals surface area contributed by atoms with Gasteiger partial charge in [-0.05, 0) is 6.07 Å². The largest absolute Gasteiger partial charge is 1.00 e. The van der Waals surface area contributed by atoms with Crippen LogP contribution in [0.2, 0.25) is 5.02 Å². The number of nitrogens with zero attached hydrogens (tertiary/aromatic N) is 1. The van der Waals surface area contributed by atoms with Crippen LogP contribution in [0.4, 0.5) is 5.69 Å². The summed E-state index contributed by atoms with van der Waals surface area (Å²) in [6, 6.07) is 2.47. The van der Waals surface area contributed by atoms with Gasteiger partial charge in [0.25, 0.3) is 5.69 Å². The van der Waals surface area contributed by atoms with Crippen LogP contribution in [0.1, 0.15) is 0 Å². The molecule has 1 rings (SSSR count). The maximum Gasteiger partial charge on any atom is 1.00 e. The number of hydrogen-bond acceptors (Lipinski definition) is 5. The van der Waals surface area contributed by atoms with Gasteiger partial charge in [0, 0.05) is 17.2 Å². The van der Waals surface area contributed by atoms with Gasteiger partial charge in [0.2, 0.25) is 0 Å². The molecule has 0 heterocycles. The number of nitro groups is 1.